The van der Waals surface area contributed by atoms with E-state index < -0.39 is 0 Å². The second-order valence-corrected chi connectivity index (χ2v) is 3.86. The first kappa shape index (κ1) is 9.46. The van der Waals surface area contributed by atoms with E-state index in [-0.39, 0.29) is 0 Å². The van der Waals surface area contributed by atoms with Crippen molar-refractivity contribution in [2.24, 2.45) is 0 Å². The van der Waals surface area contributed by atoms with Crippen LogP contribution in [-0.2, 0) is 4.74 Å². The third-order valence-electron chi connectivity index (χ3n) is 2.65. The summed E-state index contributed by atoms with van der Waals surface area (Å²) in [5, 5.41) is 3.37. The Balaban J connectivity index is 2.05. The summed E-state index contributed by atoms with van der Waals surface area (Å²) in [6.45, 7) is 5.84. The Morgan fingerprint density at radius 2 is 2.29 bits per heavy atom. The summed E-state index contributed by atoms with van der Waals surface area (Å²) in [5.74, 6) is 0.962. The summed E-state index contributed by atoms with van der Waals surface area (Å²) in [6, 6.07) is 2.53. The SMILES string of the molecule is Cc1cnc(NC2CCOC2)cc1C. The molecule has 2 rings (SSSR count). The number of nitrogens with one attached hydrogen (secondary N) is 1. The summed E-state index contributed by atoms with van der Waals surface area (Å²) < 4.78 is 5.29. The van der Waals surface area contributed by atoms with Gasteiger partial charge in [-0.3, -0.25) is 0 Å². The maximum absolute atomic E-state index is 5.29. The van der Waals surface area contributed by atoms with Crippen LogP contribution in [-0.4, -0.2) is 24.2 Å². The van der Waals surface area contributed by atoms with Crippen LogP contribution in [0.25, 0.3) is 0 Å². The summed E-state index contributed by atoms with van der Waals surface area (Å²) in [6.07, 6.45) is 2.99. The van der Waals surface area contributed by atoms with Crippen LogP contribution in [0.15, 0.2) is 12.3 Å². The Morgan fingerprint density at radius 1 is 1.43 bits per heavy atom. The molecule has 1 aromatic heterocycles. The van der Waals surface area contributed by atoms with Crippen LogP contribution in [0.2, 0.25) is 0 Å². The molecule has 1 aliphatic rings. The molecule has 0 aromatic carbocycles. The van der Waals surface area contributed by atoms with Gasteiger partial charge in [-0.1, -0.05) is 0 Å². The maximum atomic E-state index is 5.29. The molecule has 0 aliphatic carbocycles. The third-order valence-corrected chi connectivity index (χ3v) is 2.65. The minimum Gasteiger partial charge on any atom is -0.379 e. The van der Waals surface area contributed by atoms with Gasteiger partial charge in [-0.05, 0) is 37.5 Å². The Bertz CT molecular complexity index is 319. The molecular weight excluding hydrogens is 176 g/mol. The number of hydrogen-bond acceptors (Lipinski definition) is 3. The molecule has 0 spiro atoms. The van der Waals surface area contributed by atoms with Crippen molar-refractivity contribution in [1.82, 2.24) is 4.98 Å². The van der Waals surface area contributed by atoms with Crippen molar-refractivity contribution in [3.05, 3.63) is 23.4 Å². The standard InChI is InChI=1S/C11H16N2O/c1-8-5-11(12-6-9(8)2)13-10-3-4-14-7-10/h5-6,10H,3-4,7H2,1-2H3,(H,12,13). The first-order chi connectivity index (χ1) is 6.75. The van der Waals surface area contributed by atoms with Crippen LogP contribution in [0.1, 0.15) is 17.5 Å². The first-order valence-corrected chi connectivity index (χ1v) is 5.03. The van der Waals surface area contributed by atoms with Crippen molar-refractivity contribution in [1.29, 1.82) is 0 Å². The van der Waals surface area contributed by atoms with Gasteiger partial charge < -0.3 is 10.1 Å². The molecule has 3 nitrogen and oxygen atoms in total. The number of ether oxygens (including phenoxy) is 1. The molecule has 0 amide bonds. The van der Waals surface area contributed by atoms with E-state index in [2.05, 4.69) is 30.2 Å². The van der Waals surface area contributed by atoms with Crippen molar-refractivity contribution >= 4 is 5.82 Å². The highest BCUT2D eigenvalue weighted by molar-refractivity contribution is 5.41. The van der Waals surface area contributed by atoms with Crippen LogP contribution in [0, 0.1) is 13.8 Å². The number of anilines is 1. The van der Waals surface area contributed by atoms with Crippen molar-refractivity contribution in [3.8, 4) is 0 Å². The molecule has 1 saturated heterocycles. The van der Waals surface area contributed by atoms with Crippen molar-refractivity contribution in [2.45, 2.75) is 26.3 Å². The van der Waals surface area contributed by atoms with Crippen LogP contribution < -0.4 is 5.32 Å². The molecule has 1 aromatic rings. The average Bonchev–Trinajstić information content (AvgIpc) is 2.64. The molecule has 1 N–H and O–H groups in total. The molecule has 76 valence electrons. The molecule has 1 aliphatic heterocycles. The van der Waals surface area contributed by atoms with Gasteiger partial charge in [0, 0.05) is 12.8 Å². The van der Waals surface area contributed by atoms with Crippen molar-refractivity contribution in [3.63, 3.8) is 0 Å². The summed E-state index contributed by atoms with van der Waals surface area (Å²) in [5.41, 5.74) is 2.51. The second kappa shape index (κ2) is 3.96. The Labute approximate surface area is 84.5 Å². The Morgan fingerprint density at radius 3 is 2.93 bits per heavy atom. The highest BCUT2D eigenvalue weighted by atomic mass is 16.5. The van der Waals surface area contributed by atoms with Crippen LogP contribution in [0.5, 0.6) is 0 Å². The Hall–Kier alpha value is -1.09. The van der Waals surface area contributed by atoms with E-state index in [1.807, 2.05) is 6.20 Å². The zero-order valence-corrected chi connectivity index (χ0v) is 8.71. The third kappa shape index (κ3) is 2.04. The van der Waals surface area contributed by atoms with E-state index in [1.165, 1.54) is 11.1 Å². The van der Waals surface area contributed by atoms with E-state index in [9.17, 15) is 0 Å². The molecule has 1 fully saturated rings. The predicted octanol–water partition coefficient (Wildman–Crippen LogP) is 1.90. The number of aromatic nitrogens is 1. The van der Waals surface area contributed by atoms with Gasteiger partial charge in [0.05, 0.1) is 12.6 Å². The van der Waals surface area contributed by atoms with Gasteiger partial charge in [0.15, 0.2) is 0 Å². The van der Waals surface area contributed by atoms with E-state index in [4.69, 9.17) is 4.74 Å². The van der Waals surface area contributed by atoms with Gasteiger partial charge >= 0.3 is 0 Å². The number of rotatable bonds is 2. The highest BCUT2D eigenvalue weighted by Crippen LogP contribution is 2.14. The van der Waals surface area contributed by atoms with Gasteiger partial charge in [0.25, 0.3) is 0 Å². The van der Waals surface area contributed by atoms with Gasteiger partial charge in [0.1, 0.15) is 5.82 Å². The summed E-state index contributed by atoms with van der Waals surface area (Å²) in [4.78, 5) is 4.34. The number of pyridine rings is 1. The minimum absolute atomic E-state index is 0.435. The molecule has 1 atom stereocenters. The van der Waals surface area contributed by atoms with E-state index in [0.29, 0.717) is 6.04 Å². The fourth-order valence-corrected chi connectivity index (χ4v) is 1.56. The van der Waals surface area contributed by atoms with E-state index >= 15 is 0 Å². The second-order valence-electron chi connectivity index (χ2n) is 3.86. The lowest BCUT2D eigenvalue weighted by Crippen LogP contribution is -2.19. The van der Waals surface area contributed by atoms with Crippen molar-refractivity contribution in [2.75, 3.05) is 18.5 Å². The smallest absolute Gasteiger partial charge is 0.126 e. The van der Waals surface area contributed by atoms with Gasteiger partial charge in [-0.25, -0.2) is 4.98 Å². The monoisotopic (exact) mass is 192 g/mol. The summed E-state index contributed by atoms with van der Waals surface area (Å²) in [7, 11) is 0. The normalized spacial score (nSPS) is 21.1. The first-order valence-electron chi connectivity index (χ1n) is 5.03. The van der Waals surface area contributed by atoms with Crippen LogP contribution in [0.3, 0.4) is 0 Å². The molecule has 0 saturated carbocycles. The van der Waals surface area contributed by atoms with E-state index in [1.54, 1.807) is 0 Å². The van der Waals surface area contributed by atoms with Crippen LogP contribution >= 0.6 is 0 Å². The lowest BCUT2D eigenvalue weighted by molar-refractivity contribution is 0.195. The van der Waals surface area contributed by atoms with E-state index in [0.717, 1.165) is 25.5 Å². The quantitative estimate of drug-likeness (QED) is 0.777. The van der Waals surface area contributed by atoms with Crippen LogP contribution in [0.4, 0.5) is 5.82 Å². The van der Waals surface area contributed by atoms with Gasteiger partial charge in [-0.2, -0.15) is 0 Å². The predicted molar refractivity (Wildman–Crippen MR) is 56.6 cm³/mol. The molecule has 0 radical (unpaired) electrons. The molecule has 1 unspecified atom stereocenters. The zero-order valence-electron chi connectivity index (χ0n) is 8.71. The lowest BCUT2D eigenvalue weighted by Gasteiger charge is -2.12. The molecule has 14 heavy (non-hydrogen) atoms. The average molecular weight is 192 g/mol. The zero-order chi connectivity index (χ0) is 9.97. The van der Waals surface area contributed by atoms with Gasteiger partial charge in [-0.15, -0.1) is 0 Å². The van der Waals surface area contributed by atoms with Crippen molar-refractivity contribution < 1.29 is 4.74 Å². The Kier molecular flexibility index (Phi) is 2.68. The maximum Gasteiger partial charge on any atom is 0.126 e. The van der Waals surface area contributed by atoms with Gasteiger partial charge in [0.2, 0.25) is 0 Å². The summed E-state index contributed by atoms with van der Waals surface area (Å²) >= 11 is 0. The highest BCUT2D eigenvalue weighted by Gasteiger charge is 2.15. The lowest BCUT2D eigenvalue weighted by atomic mass is 10.2. The minimum atomic E-state index is 0.435. The largest absolute Gasteiger partial charge is 0.379 e. The number of hydrogen-bond donors (Lipinski definition) is 1. The molecule has 0 bridgehead atoms. The number of nitrogens with zero attached hydrogens (tertiary/aromatic N) is 1. The fraction of sp³-hybridized carbons (Fsp3) is 0.545. The molecule has 2 heterocycles. The molecule has 3 heteroatoms. The fourth-order valence-electron chi connectivity index (χ4n) is 1.56. The topological polar surface area (TPSA) is 34.2 Å². The number of aryl methyl sites for hydroxylation is 2. The molecular formula is C11H16N2O.